The zero-order valence-corrected chi connectivity index (χ0v) is 13.0. The summed E-state index contributed by atoms with van der Waals surface area (Å²) >= 11 is 0. The molecule has 0 saturated heterocycles. The van der Waals surface area contributed by atoms with E-state index in [1.165, 1.54) is 0 Å². The number of carbonyl (C=O) groups excluding carboxylic acids is 1. The summed E-state index contributed by atoms with van der Waals surface area (Å²) in [6.45, 7) is 2.00. The van der Waals surface area contributed by atoms with Crippen LogP contribution in [-0.4, -0.2) is 13.0 Å². The van der Waals surface area contributed by atoms with E-state index in [0.29, 0.717) is 11.7 Å². The molecule has 2 aromatic carbocycles. The van der Waals surface area contributed by atoms with Crippen LogP contribution in [0.15, 0.2) is 48.5 Å². The van der Waals surface area contributed by atoms with Crippen LogP contribution in [0.1, 0.15) is 29.9 Å². The van der Waals surface area contributed by atoms with Crippen molar-refractivity contribution in [3.05, 3.63) is 59.7 Å². The number of hydrogen-bond acceptors (Lipinski definition) is 2. The lowest BCUT2D eigenvalue weighted by Crippen LogP contribution is -2.23. The summed E-state index contributed by atoms with van der Waals surface area (Å²) in [6, 6.07) is 15.9. The van der Waals surface area contributed by atoms with E-state index in [2.05, 4.69) is 5.32 Å². The third-order valence-corrected chi connectivity index (χ3v) is 4.15. The highest BCUT2D eigenvalue weighted by Crippen LogP contribution is 2.43. The first-order chi connectivity index (χ1) is 10.7. The van der Waals surface area contributed by atoms with E-state index in [4.69, 9.17) is 4.74 Å². The summed E-state index contributed by atoms with van der Waals surface area (Å²) < 4.78 is 5.35. The highest BCUT2D eigenvalue weighted by Gasteiger charge is 2.37. The number of hydrogen-bond donors (Lipinski definition) is 1. The summed E-state index contributed by atoms with van der Waals surface area (Å²) in [5.74, 6) is 1.13. The molecule has 3 heteroatoms. The fourth-order valence-corrected chi connectivity index (χ4v) is 2.86. The second-order valence-electron chi connectivity index (χ2n) is 5.92. The quantitative estimate of drug-likeness (QED) is 0.900. The minimum absolute atomic E-state index is 0.0533. The topological polar surface area (TPSA) is 38.3 Å². The van der Waals surface area contributed by atoms with E-state index in [9.17, 15) is 4.79 Å². The van der Waals surface area contributed by atoms with Crippen molar-refractivity contribution in [3.8, 4) is 5.75 Å². The smallest absolute Gasteiger partial charge is 0.232 e. The van der Waals surface area contributed by atoms with E-state index in [0.717, 1.165) is 29.7 Å². The van der Waals surface area contributed by atoms with Crippen molar-refractivity contribution in [2.75, 3.05) is 12.4 Å². The Morgan fingerprint density at radius 3 is 2.55 bits per heavy atom. The van der Waals surface area contributed by atoms with Crippen LogP contribution >= 0.6 is 0 Å². The molecule has 1 aliphatic rings. The predicted molar refractivity (Wildman–Crippen MR) is 88.3 cm³/mol. The van der Waals surface area contributed by atoms with Gasteiger partial charge in [0, 0.05) is 0 Å². The maximum absolute atomic E-state index is 12.8. The standard InChI is InChI=1S/C19H21NO2/c1-13-8-11-17(22-2)16(12-13)20-19(21)18(15-9-10-15)14-6-4-3-5-7-14/h3-8,11-12,15,18H,9-10H2,1-2H3,(H,20,21). The van der Waals surface area contributed by atoms with Crippen LogP contribution in [0, 0.1) is 12.8 Å². The number of aryl methyl sites for hydroxylation is 1. The van der Waals surface area contributed by atoms with Gasteiger partial charge in [-0.2, -0.15) is 0 Å². The molecule has 22 heavy (non-hydrogen) atoms. The molecular weight excluding hydrogens is 274 g/mol. The largest absolute Gasteiger partial charge is 0.495 e. The number of methoxy groups -OCH3 is 1. The molecule has 3 nitrogen and oxygen atoms in total. The van der Waals surface area contributed by atoms with Gasteiger partial charge in [-0.25, -0.2) is 0 Å². The molecule has 1 atom stereocenters. The van der Waals surface area contributed by atoms with Gasteiger partial charge >= 0.3 is 0 Å². The van der Waals surface area contributed by atoms with Crippen LogP contribution in [0.25, 0.3) is 0 Å². The summed E-state index contributed by atoms with van der Waals surface area (Å²) in [6.07, 6.45) is 2.25. The minimum Gasteiger partial charge on any atom is -0.495 e. The predicted octanol–water partition coefficient (Wildman–Crippen LogP) is 4.14. The van der Waals surface area contributed by atoms with E-state index < -0.39 is 0 Å². The second-order valence-corrected chi connectivity index (χ2v) is 5.92. The normalized spacial score (nSPS) is 15.2. The van der Waals surface area contributed by atoms with Gasteiger partial charge in [0.1, 0.15) is 5.75 Å². The van der Waals surface area contributed by atoms with Gasteiger partial charge in [-0.05, 0) is 48.9 Å². The van der Waals surface area contributed by atoms with E-state index in [1.54, 1.807) is 7.11 Å². The lowest BCUT2D eigenvalue weighted by molar-refractivity contribution is -0.118. The Morgan fingerprint density at radius 1 is 1.18 bits per heavy atom. The molecule has 0 aromatic heterocycles. The number of nitrogens with one attached hydrogen (secondary N) is 1. The second kappa shape index (κ2) is 6.22. The first kappa shape index (κ1) is 14.6. The Balaban J connectivity index is 1.85. The number of anilines is 1. The molecule has 0 spiro atoms. The zero-order valence-electron chi connectivity index (χ0n) is 13.0. The van der Waals surface area contributed by atoms with Gasteiger partial charge in [0.25, 0.3) is 0 Å². The summed E-state index contributed by atoms with van der Waals surface area (Å²) in [4.78, 5) is 12.8. The van der Waals surface area contributed by atoms with Crippen LogP contribution in [0.5, 0.6) is 5.75 Å². The highest BCUT2D eigenvalue weighted by atomic mass is 16.5. The number of rotatable bonds is 5. The molecular formula is C19H21NO2. The molecule has 1 saturated carbocycles. The molecule has 114 valence electrons. The Bertz CT molecular complexity index is 662. The average molecular weight is 295 g/mol. The van der Waals surface area contributed by atoms with E-state index >= 15 is 0 Å². The van der Waals surface area contributed by atoms with Gasteiger partial charge in [0.15, 0.2) is 0 Å². The van der Waals surface area contributed by atoms with Gasteiger partial charge in [0.05, 0.1) is 18.7 Å². The number of ether oxygens (including phenoxy) is 1. The number of benzene rings is 2. The van der Waals surface area contributed by atoms with Crippen molar-refractivity contribution >= 4 is 11.6 Å². The lowest BCUT2D eigenvalue weighted by Gasteiger charge is -2.18. The maximum atomic E-state index is 12.8. The van der Waals surface area contributed by atoms with Crippen molar-refractivity contribution in [1.82, 2.24) is 0 Å². The first-order valence-electron chi connectivity index (χ1n) is 7.69. The molecule has 0 radical (unpaired) electrons. The molecule has 1 aliphatic carbocycles. The van der Waals surface area contributed by atoms with Crippen LogP contribution in [0.2, 0.25) is 0 Å². The Morgan fingerprint density at radius 2 is 1.91 bits per heavy atom. The number of amides is 1. The molecule has 2 aromatic rings. The van der Waals surface area contributed by atoms with Crippen LogP contribution in [-0.2, 0) is 4.79 Å². The average Bonchev–Trinajstić information content (AvgIpc) is 3.33. The van der Waals surface area contributed by atoms with E-state index in [-0.39, 0.29) is 11.8 Å². The Kier molecular flexibility index (Phi) is 4.14. The fraction of sp³-hybridized carbons (Fsp3) is 0.316. The highest BCUT2D eigenvalue weighted by molar-refractivity contribution is 5.97. The van der Waals surface area contributed by atoms with Crippen molar-refractivity contribution in [2.24, 2.45) is 5.92 Å². The van der Waals surface area contributed by atoms with Gasteiger partial charge in [-0.1, -0.05) is 36.4 Å². The zero-order chi connectivity index (χ0) is 15.5. The number of carbonyl (C=O) groups is 1. The summed E-state index contributed by atoms with van der Waals surface area (Å²) in [7, 11) is 1.62. The molecule has 1 N–H and O–H groups in total. The third-order valence-electron chi connectivity index (χ3n) is 4.15. The Hall–Kier alpha value is -2.29. The molecule has 3 rings (SSSR count). The van der Waals surface area contributed by atoms with Crippen molar-refractivity contribution in [3.63, 3.8) is 0 Å². The van der Waals surface area contributed by atoms with Crippen LogP contribution < -0.4 is 10.1 Å². The first-order valence-corrected chi connectivity index (χ1v) is 7.69. The Labute approximate surface area is 131 Å². The lowest BCUT2D eigenvalue weighted by atomic mass is 9.93. The van der Waals surface area contributed by atoms with Gasteiger partial charge in [-0.3, -0.25) is 4.79 Å². The molecule has 0 aliphatic heterocycles. The monoisotopic (exact) mass is 295 g/mol. The summed E-state index contributed by atoms with van der Waals surface area (Å²) in [5, 5.41) is 3.06. The van der Waals surface area contributed by atoms with Gasteiger partial charge in [0.2, 0.25) is 5.91 Å². The summed E-state index contributed by atoms with van der Waals surface area (Å²) in [5.41, 5.74) is 2.93. The van der Waals surface area contributed by atoms with Gasteiger partial charge in [-0.15, -0.1) is 0 Å². The molecule has 0 heterocycles. The molecule has 1 fully saturated rings. The maximum Gasteiger partial charge on any atom is 0.232 e. The molecule has 0 bridgehead atoms. The van der Waals surface area contributed by atoms with Crippen LogP contribution in [0.3, 0.4) is 0 Å². The SMILES string of the molecule is COc1ccc(C)cc1NC(=O)C(c1ccccc1)C1CC1. The molecule has 1 amide bonds. The van der Waals surface area contributed by atoms with Crippen molar-refractivity contribution in [2.45, 2.75) is 25.7 Å². The molecule has 1 unspecified atom stereocenters. The minimum atomic E-state index is -0.0774. The van der Waals surface area contributed by atoms with Crippen LogP contribution in [0.4, 0.5) is 5.69 Å². The third kappa shape index (κ3) is 3.14. The van der Waals surface area contributed by atoms with Gasteiger partial charge < -0.3 is 10.1 Å². The van der Waals surface area contributed by atoms with Crippen molar-refractivity contribution < 1.29 is 9.53 Å². The fourth-order valence-electron chi connectivity index (χ4n) is 2.86. The van der Waals surface area contributed by atoms with E-state index in [1.807, 2.05) is 55.5 Å². The van der Waals surface area contributed by atoms with Crippen molar-refractivity contribution in [1.29, 1.82) is 0 Å².